The number of rotatable bonds is 4. The van der Waals surface area contributed by atoms with Gasteiger partial charge in [0.2, 0.25) is 5.88 Å². The SMILES string of the molecule is NC(=O)c1c(-c2cccs2)noc1NC(=O)c1ccco1. The van der Waals surface area contributed by atoms with Crippen LogP contribution in [0, 0.1) is 0 Å². The zero-order chi connectivity index (χ0) is 14.8. The van der Waals surface area contributed by atoms with Gasteiger partial charge < -0.3 is 14.7 Å². The highest BCUT2D eigenvalue weighted by molar-refractivity contribution is 7.13. The number of hydrogen-bond donors (Lipinski definition) is 2. The zero-order valence-electron chi connectivity index (χ0n) is 10.5. The Labute approximate surface area is 122 Å². The quantitative estimate of drug-likeness (QED) is 0.768. The lowest BCUT2D eigenvalue weighted by Crippen LogP contribution is -2.17. The van der Waals surface area contributed by atoms with Gasteiger partial charge in [-0.25, -0.2) is 0 Å². The molecule has 7 nitrogen and oxygen atoms in total. The number of thiophene rings is 1. The molecule has 106 valence electrons. The van der Waals surface area contributed by atoms with E-state index in [-0.39, 0.29) is 17.2 Å². The Balaban J connectivity index is 1.96. The Morgan fingerprint density at radius 1 is 1.29 bits per heavy atom. The van der Waals surface area contributed by atoms with E-state index in [0.29, 0.717) is 10.6 Å². The maximum absolute atomic E-state index is 11.9. The summed E-state index contributed by atoms with van der Waals surface area (Å²) < 4.78 is 9.99. The number of aromatic nitrogens is 1. The fraction of sp³-hybridized carbons (Fsp3) is 0. The highest BCUT2D eigenvalue weighted by Crippen LogP contribution is 2.31. The third-order valence-corrected chi connectivity index (χ3v) is 3.54. The molecule has 0 saturated carbocycles. The minimum atomic E-state index is -0.741. The molecule has 0 aliphatic carbocycles. The van der Waals surface area contributed by atoms with Crippen molar-refractivity contribution in [2.45, 2.75) is 0 Å². The summed E-state index contributed by atoms with van der Waals surface area (Å²) >= 11 is 1.38. The van der Waals surface area contributed by atoms with Crippen LogP contribution in [-0.4, -0.2) is 17.0 Å². The number of hydrogen-bond acceptors (Lipinski definition) is 6. The lowest BCUT2D eigenvalue weighted by molar-refractivity contribution is 0.0993. The van der Waals surface area contributed by atoms with Crippen LogP contribution in [-0.2, 0) is 0 Å². The van der Waals surface area contributed by atoms with Crippen LogP contribution < -0.4 is 11.1 Å². The van der Waals surface area contributed by atoms with Gasteiger partial charge in [0.15, 0.2) is 5.76 Å². The van der Waals surface area contributed by atoms with Crippen LogP contribution in [0.3, 0.4) is 0 Å². The van der Waals surface area contributed by atoms with E-state index in [1.807, 2.05) is 5.38 Å². The Bertz CT molecular complexity index is 775. The van der Waals surface area contributed by atoms with Crippen LogP contribution >= 0.6 is 11.3 Å². The van der Waals surface area contributed by atoms with Gasteiger partial charge in [-0.3, -0.25) is 14.9 Å². The van der Waals surface area contributed by atoms with Crippen LogP contribution in [0.4, 0.5) is 5.88 Å². The van der Waals surface area contributed by atoms with Crippen molar-refractivity contribution < 1.29 is 18.5 Å². The summed E-state index contributed by atoms with van der Waals surface area (Å²) in [7, 11) is 0. The molecular formula is C13H9N3O4S. The Morgan fingerprint density at radius 2 is 2.14 bits per heavy atom. The van der Waals surface area contributed by atoms with Crippen molar-refractivity contribution in [2.24, 2.45) is 5.73 Å². The van der Waals surface area contributed by atoms with Gasteiger partial charge in [-0.15, -0.1) is 11.3 Å². The molecule has 3 rings (SSSR count). The molecular weight excluding hydrogens is 294 g/mol. The molecule has 0 spiro atoms. The average Bonchev–Trinajstić information content (AvgIpc) is 3.19. The van der Waals surface area contributed by atoms with Crippen molar-refractivity contribution in [3.05, 3.63) is 47.2 Å². The lowest BCUT2D eigenvalue weighted by atomic mass is 10.2. The number of nitrogens with two attached hydrogens (primary N) is 1. The number of nitrogens with zero attached hydrogens (tertiary/aromatic N) is 1. The molecule has 3 aromatic heterocycles. The Kier molecular flexibility index (Phi) is 3.28. The van der Waals surface area contributed by atoms with E-state index in [1.54, 1.807) is 18.2 Å². The van der Waals surface area contributed by atoms with Crippen LogP contribution in [0.1, 0.15) is 20.9 Å². The first-order chi connectivity index (χ1) is 10.2. The zero-order valence-corrected chi connectivity index (χ0v) is 11.3. The van der Waals surface area contributed by atoms with E-state index >= 15 is 0 Å². The minimum absolute atomic E-state index is 0.0253. The summed E-state index contributed by atoms with van der Waals surface area (Å²) in [6.07, 6.45) is 1.36. The lowest BCUT2D eigenvalue weighted by Gasteiger charge is -2.00. The van der Waals surface area contributed by atoms with E-state index in [1.165, 1.54) is 23.7 Å². The molecule has 0 saturated heterocycles. The van der Waals surface area contributed by atoms with Crippen LogP contribution in [0.25, 0.3) is 10.6 Å². The minimum Gasteiger partial charge on any atom is -0.459 e. The third-order valence-electron chi connectivity index (χ3n) is 2.67. The first kappa shape index (κ1) is 13.1. The van der Waals surface area contributed by atoms with E-state index in [4.69, 9.17) is 14.7 Å². The molecule has 2 amide bonds. The summed E-state index contributed by atoms with van der Waals surface area (Å²) in [5.41, 5.74) is 5.67. The molecule has 21 heavy (non-hydrogen) atoms. The molecule has 0 aliphatic heterocycles. The second kappa shape index (κ2) is 5.25. The standard InChI is InChI=1S/C13H9N3O4S/c14-11(17)9-10(8-4-2-6-21-8)16-20-13(9)15-12(18)7-3-1-5-19-7/h1-6H,(H2,14,17)(H,15,18). The second-order valence-electron chi connectivity index (χ2n) is 4.01. The molecule has 0 atom stereocenters. The third kappa shape index (κ3) is 2.43. The fourth-order valence-electron chi connectivity index (χ4n) is 1.76. The first-order valence-corrected chi connectivity index (χ1v) is 6.73. The van der Waals surface area contributed by atoms with Gasteiger partial charge in [0.25, 0.3) is 11.8 Å². The van der Waals surface area contributed by atoms with Gasteiger partial charge >= 0.3 is 0 Å². The van der Waals surface area contributed by atoms with E-state index < -0.39 is 11.8 Å². The number of primary amides is 1. The maximum Gasteiger partial charge on any atom is 0.293 e. The summed E-state index contributed by atoms with van der Waals surface area (Å²) in [4.78, 5) is 24.2. The Morgan fingerprint density at radius 3 is 2.76 bits per heavy atom. The molecule has 0 unspecified atom stereocenters. The number of nitrogens with one attached hydrogen (secondary N) is 1. The number of carbonyl (C=O) groups excluding carboxylic acids is 2. The predicted octanol–water partition coefficient (Wildman–Crippen LogP) is 2.35. The smallest absolute Gasteiger partial charge is 0.293 e. The van der Waals surface area contributed by atoms with Gasteiger partial charge in [0.05, 0.1) is 11.1 Å². The highest BCUT2D eigenvalue weighted by atomic mass is 32.1. The number of anilines is 1. The molecule has 0 aliphatic rings. The van der Waals surface area contributed by atoms with Gasteiger partial charge in [-0.05, 0) is 23.6 Å². The largest absolute Gasteiger partial charge is 0.459 e. The van der Waals surface area contributed by atoms with Crippen molar-refractivity contribution in [1.29, 1.82) is 0 Å². The van der Waals surface area contributed by atoms with Gasteiger partial charge in [0.1, 0.15) is 11.3 Å². The summed E-state index contributed by atoms with van der Waals surface area (Å²) in [5.74, 6) is -1.32. The number of furan rings is 1. The molecule has 3 aromatic rings. The normalized spacial score (nSPS) is 10.5. The van der Waals surface area contributed by atoms with E-state index in [0.717, 1.165) is 0 Å². The van der Waals surface area contributed by atoms with Gasteiger partial charge in [-0.1, -0.05) is 11.2 Å². The number of amides is 2. The van der Waals surface area contributed by atoms with Crippen LogP contribution in [0.15, 0.2) is 44.8 Å². The molecule has 0 radical (unpaired) electrons. The van der Waals surface area contributed by atoms with Crippen molar-refractivity contribution in [3.63, 3.8) is 0 Å². The second-order valence-corrected chi connectivity index (χ2v) is 4.96. The topological polar surface area (TPSA) is 111 Å². The van der Waals surface area contributed by atoms with E-state index in [9.17, 15) is 9.59 Å². The monoisotopic (exact) mass is 303 g/mol. The van der Waals surface area contributed by atoms with E-state index in [2.05, 4.69) is 10.5 Å². The van der Waals surface area contributed by atoms with Crippen molar-refractivity contribution in [1.82, 2.24) is 5.16 Å². The van der Waals surface area contributed by atoms with Gasteiger partial charge in [0, 0.05) is 0 Å². The summed E-state index contributed by atoms with van der Waals surface area (Å²) in [6.45, 7) is 0. The molecule has 0 bridgehead atoms. The average molecular weight is 303 g/mol. The highest BCUT2D eigenvalue weighted by Gasteiger charge is 2.25. The fourth-order valence-corrected chi connectivity index (χ4v) is 2.47. The summed E-state index contributed by atoms with van der Waals surface area (Å²) in [6, 6.07) is 6.63. The van der Waals surface area contributed by atoms with Crippen LogP contribution in [0.2, 0.25) is 0 Å². The molecule has 3 N–H and O–H groups in total. The van der Waals surface area contributed by atoms with Crippen molar-refractivity contribution >= 4 is 29.0 Å². The maximum atomic E-state index is 11.9. The first-order valence-electron chi connectivity index (χ1n) is 5.85. The van der Waals surface area contributed by atoms with Crippen LogP contribution in [0.5, 0.6) is 0 Å². The molecule has 0 fully saturated rings. The molecule has 3 heterocycles. The van der Waals surface area contributed by atoms with Crippen molar-refractivity contribution in [2.75, 3.05) is 5.32 Å². The van der Waals surface area contributed by atoms with Crippen molar-refractivity contribution in [3.8, 4) is 10.6 Å². The Hall–Kier alpha value is -2.87. The summed E-state index contributed by atoms with van der Waals surface area (Å²) in [5, 5.41) is 8.05. The number of carbonyl (C=O) groups is 2. The molecule has 8 heteroatoms. The van der Waals surface area contributed by atoms with Gasteiger partial charge in [-0.2, -0.15) is 0 Å². The predicted molar refractivity (Wildman–Crippen MR) is 75.0 cm³/mol. The molecule has 0 aromatic carbocycles.